The number of nitrogens with zero attached hydrogens (tertiary/aromatic N) is 2. The SMILES string of the molecule is COC(=O)[C@@H]1[C@H]2CC[C@@H](C2)[C@H]1NC(=O)c1cnn(C)c1C(F)F. The van der Waals surface area contributed by atoms with Crippen molar-refractivity contribution in [3.8, 4) is 0 Å². The number of carbonyl (C=O) groups is 2. The van der Waals surface area contributed by atoms with Crippen LogP contribution < -0.4 is 5.32 Å². The molecule has 2 aliphatic rings. The third kappa shape index (κ3) is 2.60. The molecule has 2 bridgehead atoms. The van der Waals surface area contributed by atoms with Gasteiger partial charge in [0.1, 0.15) is 5.69 Å². The number of alkyl halides is 2. The van der Waals surface area contributed by atoms with E-state index in [1.165, 1.54) is 14.2 Å². The van der Waals surface area contributed by atoms with Crippen LogP contribution in [-0.2, 0) is 16.6 Å². The molecule has 6 nitrogen and oxygen atoms in total. The van der Waals surface area contributed by atoms with Gasteiger partial charge in [0.05, 0.1) is 24.8 Å². The average Bonchev–Trinajstić information content (AvgIpc) is 3.20. The maximum absolute atomic E-state index is 13.1. The van der Waals surface area contributed by atoms with Crippen LogP contribution in [0.4, 0.5) is 8.78 Å². The van der Waals surface area contributed by atoms with Gasteiger partial charge >= 0.3 is 5.97 Å². The van der Waals surface area contributed by atoms with Crippen molar-refractivity contribution < 1.29 is 23.1 Å². The minimum absolute atomic E-state index is 0.145. The zero-order valence-corrected chi connectivity index (χ0v) is 13.0. The number of rotatable bonds is 4. The molecule has 1 aromatic heterocycles. The highest BCUT2D eigenvalue weighted by molar-refractivity contribution is 5.95. The van der Waals surface area contributed by atoms with Crippen LogP contribution in [0.2, 0.25) is 0 Å². The van der Waals surface area contributed by atoms with Crippen LogP contribution in [0.1, 0.15) is 41.7 Å². The van der Waals surface area contributed by atoms with Crippen molar-refractivity contribution in [2.24, 2.45) is 24.8 Å². The first-order valence-corrected chi connectivity index (χ1v) is 7.62. The molecule has 1 amide bonds. The normalized spacial score (nSPS) is 29.1. The van der Waals surface area contributed by atoms with Crippen molar-refractivity contribution in [2.45, 2.75) is 31.7 Å². The maximum atomic E-state index is 13.1. The fourth-order valence-electron chi connectivity index (χ4n) is 4.08. The number of aromatic nitrogens is 2. The Hall–Kier alpha value is -1.99. The number of fused-ring (bicyclic) bond motifs is 2. The van der Waals surface area contributed by atoms with Gasteiger partial charge in [-0.25, -0.2) is 8.78 Å². The number of ether oxygens (including phenoxy) is 1. The van der Waals surface area contributed by atoms with Gasteiger partial charge < -0.3 is 10.1 Å². The Bertz CT molecular complexity index is 631. The number of esters is 1. The molecule has 0 radical (unpaired) electrons. The smallest absolute Gasteiger partial charge is 0.311 e. The highest BCUT2D eigenvalue weighted by atomic mass is 19.3. The maximum Gasteiger partial charge on any atom is 0.311 e. The van der Waals surface area contributed by atoms with Crippen molar-refractivity contribution in [2.75, 3.05) is 7.11 Å². The van der Waals surface area contributed by atoms with Crippen molar-refractivity contribution in [3.05, 3.63) is 17.5 Å². The van der Waals surface area contributed by atoms with Crippen LogP contribution in [-0.4, -0.2) is 34.8 Å². The molecular formula is C15H19F2N3O3. The first-order chi connectivity index (χ1) is 10.9. The lowest BCUT2D eigenvalue weighted by Gasteiger charge is -2.29. The van der Waals surface area contributed by atoms with E-state index in [0.29, 0.717) is 0 Å². The highest BCUT2D eigenvalue weighted by Crippen LogP contribution is 2.49. The number of halogens is 2. The number of hydrogen-bond acceptors (Lipinski definition) is 4. The lowest BCUT2D eigenvalue weighted by atomic mass is 9.84. The Morgan fingerprint density at radius 1 is 1.39 bits per heavy atom. The number of nitrogens with one attached hydrogen (secondary N) is 1. The molecule has 4 atom stereocenters. The van der Waals surface area contributed by atoms with E-state index < -0.39 is 23.9 Å². The minimum atomic E-state index is -2.79. The molecule has 0 saturated heterocycles. The molecule has 0 spiro atoms. The minimum Gasteiger partial charge on any atom is -0.469 e. The van der Waals surface area contributed by atoms with E-state index in [0.717, 1.165) is 30.1 Å². The largest absolute Gasteiger partial charge is 0.469 e. The highest BCUT2D eigenvalue weighted by Gasteiger charge is 2.52. The summed E-state index contributed by atoms with van der Waals surface area (Å²) < 4.78 is 32.0. The number of carbonyl (C=O) groups excluding carboxylic acids is 2. The number of methoxy groups -OCH3 is 1. The van der Waals surface area contributed by atoms with Crippen LogP contribution in [0.5, 0.6) is 0 Å². The summed E-state index contributed by atoms with van der Waals surface area (Å²) in [5.41, 5.74) is -0.561. The first kappa shape index (κ1) is 15.9. The van der Waals surface area contributed by atoms with Gasteiger partial charge in [0.15, 0.2) is 0 Å². The molecule has 0 aliphatic heterocycles. The van der Waals surface area contributed by atoms with Crippen molar-refractivity contribution in [1.82, 2.24) is 15.1 Å². The quantitative estimate of drug-likeness (QED) is 0.854. The summed E-state index contributed by atoms with van der Waals surface area (Å²) in [6.07, 6.45) is 1.07. The Morgan fingerprint density at radius 3 is 2.74 bits per heavy atom. The molecule has 2 saturated carbocycles. The van der Waals surface area contributed by atoms with Gasteiger partial charge in [-0.3, -0.25) is 14.3 Å². The van der Waals surface area contributed by atoms with E-state index in [1.54, 1.807) is 0 Å². The van der Waals surface area contributed by atoms with E-state index in [9.17, 15) is 18.4 Å². The lowest BCUT2D eigenvalue weighted by molar-refractivity contribution is -0.148. The summed E-state index contributed by atoms with van der Waals surface area (Å²) in [6.45, 7) is 0. The summed E-state index contributed by atoms with van der Waals surface area (Å²) in [4.78, 5) is 24.4. The van der Waals surface area contributed by atoms with Gasteiger partial charge in [0.25, 0.3) is 12.3 Å². The fraction of sp³-hybridized carbons (Fsp3) is 0.667. The predicted octanol–water partition coefficient (Wildman–Crippen LogP) is 1.68. The van der Waals surface area contributed by atoms with Crippen molar-refractivity contribution in [3.63, 3.8) is 0 Å². The van der Waals surface area contributed by atoms with E-state index in [4.69, 9.17) is 4.74 Å². The van der Waals surface area contributed by atoms with Gasteiger partial charge in [0.2, 0.25) is 0 Å². The van der Waals surface area contributed by atoms with Gasteiger partial charge in [-0.05, 0) is 31.1 Å². The van der Waals surface area contributed by atoms with E-state index in [2.05, 4.69) is 10.4 Å². The number of aryl methyl sites for hydroxylation is 1. The van der Waals surface area contributed by atoms with Gasteiger partial charge in [0, 0.05) is 13.1 Å². The second kappa shape index (κ2) is 5.90. The molecule has 3 rings (SSSR count). The third-order valence-electron chi connectivity index (χ3n) is 5.12. The first-order valence-electron chi connectivity index (χ1n) is 7.62. The molecule has 0 aromatic carbocycles. The summed E-state index contributed by atoms with van der Waals surface area (Å²) in [7, 11) is 2.69. The Labute approximate surface area is 132 Å². The topological polar surface area (TPSA) is 73.2 Å². The van der Waals surface area contributed by atoms with Crippen LogP contribution in [0, 0.1) is 17.8 Å². The van der Waals surface area contributed by atoms with Gasteiger partial charge in [-0.2, -0.15) is 5.10 Å². The fourth-order valence-corrected chi connectivity index (χ4v) is 4.08. The molecule has 1 N–H and O–H groups in total. The average molecular weight is 327 g/mol. The van der Waals surface area contributed by atoms with Crippen LogP contribution in [0.25, 0.3) is 0 Å². The molecule has 1 aromatic rings. The van der Waals surface area contributed by atoms with Crippen molar-refractivity contribution in [1.29, 1.82) is 0 Å². The Morgan fingerprint density at radius 2 is 2.09 bits per heavy atom. The van der Waals surface area contributed by atoms with Crippen LogP contribution >= 0.6 is 0 Å². The number of hydrogen-bond donors (Lipinski definition) is 1. The molecule has 0 unspecified atom stereocenters. The Kier molecular flexibility index (Phi) is 4.08. The van der Waals surface area contributed by atoms with E-state index in [1.807, 2.05) is 0 Å². The molecule has 126 valence electrons. The van der Waals surface area contributed by atoms with Gasteiger partial charge in [-0.1, -0.05) is 0 Å². The zero-order valence-electron chi connectivity index (χ0n) is 13.0. The van der Waals surface area contributed by atoms with Crippen LogP contribution in [0.3, 0.4) is 0 Å². The van der Waals surface area contributed by atoms with Gasteiger partial charge in [-0.15, -0.1) is 0 Å². The molecule has 23 heavy (non-hydrogen) atoms. The molecule has 8 heteroatoms. The summed E-state index contributed by atoms with van der Waals surface area (Å²) in [5, 5.41) is 6.51. The molecule has 1 heterocycles. The monoisotopic (exact) mass is 327 g/mol. The zero-order chi connectivity index (χ0) is 16.7. The summed E-state index contributed by atoms with van der Waals surface area (Å²) >= 11 is 0. The lowest BCUT2D eigenvalue weighted by Crippen LogP contribution is -2.47. The van der Waals surface area contributed by atoms with Crippen LogP contribution in [0.15, 0.2) is 6.20 Å². The standard InChI is InChI=1S/C15H19F2N3O3/c1-20-12(13(16)17)9(6-18-20)14(21)19-11-8-4-3-7(5-8)10(11)15(22)23-2/h6-8,10-11,13H,3-5H2,1-2H3,(H,19,21)/t7-,8-,10+,11+/m0/s1. The number of amides is 1. The predicted molar refractivity (Wildman–Crippen MR) is 75.8 cm³/mol. The summed E-state index contributed by atoms with van der Waals surface area (Å²) in [6, 6.07) is -0.362. The molecular weight excluding hydrogens is 308 g/mol. The molecule has 2 fully saturated rings. The second-order valence-electron chi connectivity index (χ2n) is 6.25. The van der Waals surface area contributed by atoms with Crippen molar-refractivity contribution >= 4 is 11.9 Å². The third-order valence-corrected chi connectivity index (χ3v) is 5.12. The Balaban J connectivity index is 1.81. The van der Waals surface area contributed by atoms with E-state index in [-0.39, 0.29) is 29.4 Å². The molecule has 2 aliphatic carbocycles. The van der Waals surface area contributed by atoms with E-state index >= 15 is 0 Å². The summed E-state index contributed by atoms with van der Waals surface area (Å²) in [5.74, 6) is -0.960. The second-order valence-corrected chi connectivity index (χ2v) is 6.25.